The Morgan fingerprint density at radius 2 is 1.69 bits per heavy atom. The van der Waals surface area contributed by atoms with Crippen molar-refractivity contribution < 1.29 is 18.3 Å². The summed E-state index contributed by atoms with van der Waals surface area (Å²) in [6, 6.07) is 13.7. The van der Waals surface area contributed by atoms with Crippen LogP contribution in [-0.2, 0) is 13.7 Å². The molecule has 0 radical (unpaired) electrons. The highest BCUT2D eigenvalue weighted by molar-refractivity contribution is 5.92. The van der Waals surface area contributed by atoms with Gasteiger partial charge in [-0.3, -0.25) is 9.59 Å². The molecule has 3 aromatic rings. The number of piperazine rings is 1. The molecule has 1 aliphatic rings. The van der Waals surface area contributed by atoms with Gasteiger partial charge < -0.3 is 19.1 Å². The van der Waals surface area contributed by atoms with Crippen LogP contribution in [0.25, 0.3) is 0 Å². The van der Waals surface area contributed by atoms with Gasteiger partial charge in [0.2, 0.25) is 5.43 Å². The molecule has 0 N–H and O–H groups in total. The van der Waals surface area contributed by atoms with E-state index in [0.717, 1.165) is 5.56 Å². The Morgan fingerprint density at radius 1 is 1.00 bits per heavy atom. The molecule has 8 heteroatoms. The highest BCUT2D eigenvalue weighted by Crippen LogP contribution is 2.21. The summed E-state index contributed by atoms with van der Waals surface area (Å²) in [5, 5.41) is 0. The highest BCUT2D eigenvalue weighted by Gasteiger charge is 2.25. The van der Waals surface area contributed by atoms with Crippen molar-refractivity contribution in [3.05, 3.63) is 93.9 Å². The first kappa shape index (κ1) is 21.5. The number of hydrogen-bond acceptors (Lipinski definition) is 4. The van der Waals surface area contributed by atoms with Gasteiger partial charge in [-0.1, -0.05) is 24.3 Å². The summed E-state index contributed by atoms with van der Waals surface area (Å²) in [6.45, 7) is 1.95. The van der Waals surface area contributed by atoms with Gasteiger partial charge in [0, 0.05) is 39.3 Å². The number of amides is 1. The van der Waals surface area contributed by atoms with Crippen LogP contribution in [0.15, 0.2) is 65.6 Å². The van der Waals surface area contributed by atoms with E-state index >= 15 is 0 Å². The molecule has 2 heterocycles. The average molecular weight is 439 g/mol. The standard InChI is InChI=1S/C24H23F2N3O3/c1-27-15-23(32-16-17-6-8-18(25)9-7-17)22(30)14-21(27)24(31)29-12-10-28(11-13-29)20-5-3-2-4-19(20)26/h2-9,14-15H,10-13,16H2,1H3. The number of anilines is 1. The van der Waals surface area contributed by atoms with E-state index in [1.807, 2.05) is 4.90 Å². The Balaban J connectivity index is 1.42. The Morgan fingerprint density at radius 3 is 2.38 bits per heavy atom. The van der Waals surface area contributed by atoms with E-state index in [2.05, 4.69) is 0 Å². The zero-order chi connectivity index (χ0) is 22.7. The Kier molecular flexibility index (Phi) is 6.20. The summed E-state index contributed by atoms with van der Waals surface area (Å²) < 4.78 is 34.2. The molecule has 32 heavy (non-hydrogen) atoms. The minimum Gasteiger partial charge on any atom is -0.483 e. The predicted octanol–water partition coefficient (Wildman–Crippen LogP) is 3.20. The third-order valence-electron chi connectivity index (χ3n) is 5.49. The molecule has 4 rings (SSSR count). The van der Waals surface area contributed by atoms with E-state index in [-0.39, 0.29) is 35.6 Å². The number of hydrogen-bond donors (Lipinski definition) is 0. The predicted molar refractivity (Wildman–Crippen MR) is 117 cm³/mol. The van der Waals surface area contributed by atoms with E-state index in [0.29, 0.717) is 31.9 Å². The molecule has 6 nitrogen and oxygen atoms in total. The van der Waals surface area contributed by atoms with Crippen molar-refractivity contribution in [3.8, 4) is 5.75 Å². The van der Waals surface area contributed by atoms with Gasteiger partial charge in [-0.05, 0) is 29.8 Å². The molecule has 0 atom stereocenters. The fourth-order valence-corrected chi connectivity index (χ4v) is 3.69. The Labute approximate surface area is 184 Å². The van der Waals surface area contributed by atoms with Gasteiger partial charge in [0.25, 0.3) is 5.91 Å². The molecular weight excluding hydrogens is 416 g/mol. The second-order valence-electron chi connectivity index (χ2n) is 7.64. The van der Waals surface area contributed by atoms with Crippen LogP contribution in [0.3, 0.4) is 0 Å². The minimum absolute atomic E-state index is 0.109. The summed E-state index contributed by atoms with van der Waals surface area (Å²) >= 11 is 0. The van der Waals surface area contributed by atoms with Crippen molar-refractivity contribution in [2.75, 3.05) is 31.1 Å². The van der Waals surface area contributed by atoms with Crippen LogP contribution >= 0.6 is 0 Å². The molecule has 2 aromatic carbocycles. The summed E-state index contributed by atoms with van der Waals surface area (Å²) in [4.78, 5) is 29.1. The third-order valence-corrected chi connectivity index (χ3v) is 5.49. The largest absolute Gasteiger partial charge is 0.483 e. The smallest absolute Gasteiger partial charge is 0.270 e. The lowest BCUT2D eigenvalue weighted by atomic mass is 10.2. The van der Waals surface area contributed by atoms with Crippen LogP contribution in [0.4, 0.5) is 14.5 Å². The minimum atomic E-state index is -0.404. The van der Waals surface area contributed by atoms with Gasteiger partial charge in [-0.15, -0.1) is 0 Å². The topological polar surface area (TPSA) is 54.8 Å². The first-order valence-corrected chi connectivity index (χ1v) is 10.3. The lowest BCUT2D eigenvalue weighted by Crippen LogP contribution is -2.49. The summed E-state index contributed by atoms with van der Waals surface area (Å²) in [5.74, 6) is -0.784. The van der Waals surface area contributed by atoms with Crippen molar-refractivity contribution >= 4 is 11.6 Å². The number of pyridine rings is 1. The van der Waals surface area contributed by atoms with Crippen molar-refractivity contribution in [1.82, 2.24) is 9.47 Å². The molecule has 1 amide bonds. The van der Waals surface area contributed by atoms with Gasteiger partial charge in [0.05, 0.1) is 11.9 Å². The number of aromatic nitrogens is 1. The quantitative estimate of drug-likeness (QED) is 0.613. The molecule has 0 spiro atoms. The van der Waals surface area contributed by atoms with E-state index in [1.165, 1.54) is 30.5 Å². The van der Waals surface area contributed by atoms with Crippen molar-refractivity contribution in [3.63, 3.8) is 0 Å². The molecule has 0 bridgehead atoms. The van der Waals surface area contributed by atoms with E-state index in [4.69, 9.17) is 4.74 Å². The van der Waals surface area contributed by atoms with Gasteiger partial charge in [-0.25, -0.2) is 8.78 Å². The summed E-state index contributed by atoms with van der Waals surface area (Å²) in [7, 11) is 1.67. The van der Waals surface area contributed by atoms with E-state index in [9.17, 15) is 18.4 Å². The zero-order valence-corrected chi connectivity index (χ0v) is 17.6. The molecule has 0 unspecified atom stereocenters. The second kappa shape index (κ2) is 9.21. The van der Waals surface area contributed by atoms with Gasteiger partial charge in [-0.2, -0.15) is 0 Å². The van der Waals surface area contributed by atoms with Gasteiger partial charge >= 0.3 is 0 Å². The second-order valence-corrected chi connectivity index (χ2v) is 7.64. The zero-order valence-electron chi connectivity index (χ0n) is 17.6. The van der Waals surface area contributed by atoms with Gasteiger partial charge in [0.1, 0.15) is 23.9 Å². The van der Waals surface area contributed by atoms with Crippen molar-refractivity contribution in [2.45, 2.75) is 6.61 Å². The number of aryl methyl sites for hydroxylation is 1. The molecule has 1 aliphatic heterocycles. The normalized spacial score (nSPS) is 13.8. The van der Waals surface area contributed by atoms with Gasteiger partial charge in [0.15, 0.2) is 5.75 Å². The number of nitrogens with zero attached hydrogens (tertiary/aromatic N) is 3. The molecule has 166 valence electrons. The molecule has 1 aromatic heterocycles. The van der Waals surface area contributed by atoms with Crippen molar-refractivity contribution in [1.29, 1.82) is 0 Å². The van der Waals surface area contributed by atoms with Crippen LogP contribution in [0.5, 0.6) is 5.75 Å². The average Bonchev–Trinajstić information content (AvgIpc) is 2.80. The molecule has 1 saturated heterocycles. The number of benzene rings is 2. The van der Waals surface area contributed by atoms with Crippen LogP contribution < -0.4 is 15.1 Å². The monoisotopic (exact) mass is 439 g/mol. The number of ether oxygens (including phenoxy) is 1. The number of para-hydroxylation sites is 1. The van der Waals surface area contributed by atoms with E-state index in [1.54, 1.807) is 46.8 Å². The molecule has 0 saturated carbocycles. The first-order chi connectivity index (χ1) is 15.4. The Hall–Kier alpha value is -3.68. The Bertz CT molecular complexity index is 1170. The van der Waals surface area contributed by atoms with Crippen LogP contribution in [0.1, 0.15) is 16.1 Å². The highest BCUT2D eigenvalue weighted by atomic mass is 19.1. The number of halogens is 2. The fourth-order valence-electron chi connectivity index (χ4n) is 3.69. The number of rotatable bonds is 5. The maximum atomic E-state index is 14.0. The first-order valence-electron chi connectivity index (χ1n) is 10.3. The molecule has 1 fully saturated rings. The van der Waals surface area contributed by atoms with Crippen LogP contribution in [0, 0.1) is 11.6 Å². The van der Waals surface area contributed by atoms with Crippen LogP contribution in [0.2, 0.25) is 0 Å². The fraction of sp³-hybridized carbons (Fsp3) is 0.250. The summed E-state index contributed by atoms with van der Waals surface area (Å²) in [5.41, 5.74) is 1.10. The number of carbonyl (C=O) groups is 1. The number of carbonyl (C=O) groups excluding carboxylic acids is 1. The maximum absolute atomic E-state index is 14.0. The lowest BCUT2D eigenvalue weighted by molar-refractivity contribution is 0.0735. The van der Waals surface area contributed by atoms with E-state index < -0.39 is 5.43 Å². The lowest BCUT2D eigenvalue weighted by Gasteiger charge is -2.36. The van der Waals surface area contributed by atoms with Crippen LogP contribution in [-0.4, -0.2) is 41.6 Å². The van der Waals surface area contributed by atoms with Crippen molar-refractivity contribution in [2.24, 2.45) is 7.05 Å². The third kappa shape index (κ3) is 4.64. The molecule has 0 aliphatic carbocycles. The SMILES string of the molecule is Cn1cc(OCc2ccc(F)cc2)c(=O)cc1C(=O)N1CCN(c2ccccc2F)CC1. The summed E-state index contributed by atoms with van der Waals surface area (Å²) in [6.07, 6.45) is 1.48. The maximum Gasteiger partial charge on any atom is 0.270 e. The molecular formula is C24H23F2N3O3.